The summed E-state index contributed by atoms with van der Waals surface area (Å²) in [6, 6.07) is 7.49. The molecule has 1 unspecified atom stereocenters. The van der Waals surface area contributed by atoms with Crippen molar-refractivity contribution in [2.45, 2.75) is 13.3 Å². The molecule has 1 aromatic carbocycles. The largest absolute Gasteiger partial charge is 0.501 e. The van der Waals surface area contributed by atoms with Crippen molar-refractivity contribution in [2.24, 2.45) is 5.92 Å². The van der Waals surface area contributed by atoms with Crippen LogP contribution >= 0.6 is 0 Å². The molecule has 0 radical (unpaired) electrons. The number of allylic oxidation sites excluding steroid dienone is 1. The summed E-state index contributed by atoms with van der Waals surface area (Å²) >= 11 is 0. The van der Waals surface area contributed by atoms with E-state index in [0.717, 1.165) is 22.8 Å². The van der Waals surface area contributed by atoms with Crippen molar-refractivity contribution >= 4 is 11.6 Å². The Kier molecular flexibility index (Phi) is 3.79. The summed E-state index contributed by atoms with van der Waals surface area (Å²) in [5.74, 6) is 1.70. The van der Waals surface area contributed by atoms with Crippen LogP contribution in [0.25, 0.3) is 0 Å². The van der Waals surface area contributed by atoms with Gasteiger partial charge in [-0.15, -0.1) is 0 Å². The molecular formula is C15H19NO3. The Labute approximate surface area is 113 Å². The molecule has 0 aliphatic heterocycles. The summed E-state index contributed by atoms with van der Waals surface area (Å²) in [4.78, 5) is 14.1. The van der Waals surface area contributed by atoms with E-state index in [2.05, 4.69) is 0 Å². The highest BCUT2D eigenvalue weighted by Crippen LogP contribution is 2.36. The van der Waals surface area contributed by atoms with E-state index in [9.17, 15) is 4.79 Å². The molecule has 1 amide bonds. The van der Waals surface area contributed by atoms with Crippen molar-refractivity contribution in [2.75, 3.05) is 26.2 Å². The van der Waals surface area contributed by atoms with Crippen LogP contribution in [-0.4, -0.2) is 27.2 Å². The maximum atomic E-state index is 12.4. The van der Waals surface area contributed by atoms with Gasteiger partial charge < -0.3 is 14.4 Å². The monoisotopic (exact) mass is 261 g/mol. The average molecular weight is 261 g/mol. The molecule has 4 heteroatoms. The third-order valence-electron chi connectivity index (χ3n) is 3.67. The zero-order valence-corrected chi connectivity index (χ0v) is 11.8. The van der Waals surface area contributed by atoms with E-state index in [-0.39, 0.29) is 11.8 Å². The van der Waals surface area contributed by atoms with Gasteiger partial charge >= 0.3 is 0 Å². The van der Waals surface area contributed by atoms with Gasteiger partial charge in [0, 0.05) is 25.2 Å². The lowest BCUT2D eigenvalue weighted by Gasteiger charge is -2.32. The molecule has 1 aliphatic carbocycles. The zero-order valence-electron chi connectivity index (χ0n) is 11.8. The molecule has 0 fully saturated rings. The van der Waals surface area contributed by atoms with Gasteiger partial charge in [-0.05, 0) is 24.6 Å². The van der Waals surface area contributed by atoms with Crippen molar-refractivity contribution in [1.82, 2.24) is 0 Å². The standard InChI is InChI=1S/C15H19NO3/c1-10-13(9-14(10)19-4)15(17)16(2)11-6-5-7-12(8-11)18-3/h5-8,13H,9H2,1-4H3. The molecule has 0 spiro atoms. The minimum absolute atomic E-state index is 0.0637. The minimum atomic E-state index is -0.0637. The van der Waals surface area contributed by atoms with Gasteiger partial charge in [-0.25, -0.2) is 0 Å². The highest BCUT2D eigenvalue weighted by molar-refractivity contribution is 5.97. The maximum Gasteiger partial charge on any atom is 0.234 e. The summed E-state index contributed by atoms with van der Waals surface area (Å²) in [6.07, 6.45) is 0.690. The Morgan fingerprint density at radius 1 is 1.32 bits per heavy atom. The summed E-state index contributed by atoms with van der Waals surface area (Å²) in [6.45, 7) is 1.95. The number of nitrogens with zero attached hydrogens (tertiary/aromatic N) is 1. The molecule has 0 bridgehead atoms. The zero-order chi connectivity index (χ0) is 14.0. The third-order valence-corrected chi connectivity index (χ3v) is 3.67. The molecule has 19 heavy (non-hydrogen) atoms. The Balaban J connectivity index is 2.14. The number of ether oxygens (including phenoxy) is 2. The normalized spacial score (nSPS) is 17.8. The molecule has 0 N–H and O–H groups in total. The highest BCUT2D eigenvalue weighted by atomic mass is 16.5. The molecule has 4 nitrogen and oxygen atoms in total. The molecular weight excluding hydrogens is 242 g/mol. The SMILES string of the molecule is COC1=C(C)C(C(=O)N(C)c2cccc(OC)c2)C1. The number of carbonyl (C=O) groups excluding carboxylic acids is 1. The quantitative estimate of drug-likeness (QED) is 0.836. The van der Waals surface area contributed by atoms with Crippen molar-refractivity contribution < 1.29 is 14.3 Å². The van der Waals surface area contributed by atoms with Gasteiger partial charge in [0.05, 0.1) is 25.9 Å². The van der Waals surface area contributed by atoms with Gasteiger partial charge in [-0.3, -0.25) is 4.79 Å². The molecule has 1 aliphatic rings. The number of benzene rings is 1. The summed E-state index contributed by atoms with van der Waals surface area (Å²) < 4.78 is 10.4. The molecule has 0 saturated carbocycles. The van der Waals surface area contributed by atoms with Crippen LogP contribution in [-0.2, 0) is 9.53 Å². The predicted octanol–water partition coefficient (Wildman–Crippen LogP) is 2.60. The fraction of sp³-hybridized carbons (Fsp3) is 0.400. The van der Waals surface area contributed by atoms with E-state index in [1.807, 2.05) is 31.2 Å². The van der Waals surface area contributed by atoms with Gasteiger partial charge in [-0.2, -0.15) is 0 Å². The van der Waals surface area contributed by atoms with Crippen LogP contribution in [0, 0.1) is 5.92 Å². The van der Waals surface area contributed by atoms with Gasteiger partial charge in [0.25, 0.3) is 0 Å². The fourth-order valence-corrected chi connectivity index (χ4v) is 2.26. The number of carbonyl (C=O) groups is 1. The number of rotatable bonds is 4. The second-order valence-corrected chi connectivity index (χ2v) is 4.67. The van der Waals surface area contributed by atoms with Crippen molar-refractivity contribution in [3.8, 4) is 5.75 Å². The van der Waals surface area contributed by atoms with Gasteiger partial charge in [0.2, 0.25) is 5.91 Å². The third kappa shape index (κ3) is 2.43. The molecule has 102 valence electrons. The number of hydrogen-bond donors (Lipinski definition) is 0. The van der Waals surface area contributed by atoms with E-state index in [0.29, 0.717) is 6.42 Å². The van der Waals surface area contributed by atoms with E-state index in [1.54, 1.807) is 26.2 Å². The first kappa shape index (κ1) is 13.5. The molecule has 0 aromatic heterocycles. The fourth-order valence-electron chi connectivity index (χ4n) is 2.26. The average Bonchev–Trinajstić information content (AvgIpc) is 2.45. The first-order chi connectivity index (χ1) is 9.08. The Bertz CT molecular complexity index is 522. The van der Waals surface area contributed by atoms with Crippen LogP contribution in [0.4, 0.5) is 5.69 Å². The van der Waals surface area contributed by atoms with E-state index < -0.39 is 0 Å². The first-order valence-electron chi connectivity index (χ1n) is 6.23. The minimum Gasteiger partial charge on any atom is -0.501 e. The maximum absolute atomic E-state index is 12.4. The molecule has 0 saturated heterocycles. The Morgan fingerprint density at radius 3 is 2.63 bits per heavy atom. The van der Waals surface area contributed by atoms with Crippen LogP contribution in [0.1, 0.15) is 13.3 Å². The van der Waals surface area contributed by atoms with Crippen LogP contribution in [0.15, 0.2) is 35.6 Å². The highest BCUT2D eigenvalue weighted by Gasteiger charge is 2.35. The summed E-state index contributed by atoms with van der Waals surface area (Å²) in [7, 11) is 5.05. The van der Waals surface area contributed by atoms with Crippen molar-refractivity contribution in [3.05, 3.63) is 35.6 Å². The Hall–Kier alpha value is -1.97. The van der Waals surface area contributed by atoms with Crippen LogP contribution < -0.4 is 9.64 Å². The number of methoxy groups -OCH3 is 2. The molecule has 0 heterocycles. The lowest BCUT2D eigenvalue weighted by molar-refractivity contribution is -0.122. The van der Waals surface area contributed by atoms with Crippen molar-refractivity contribution in [3.63, 3.8) is 0 Å². The van der Waals surface area contributed by atoms with E-state index in [1.165, 1.54) is 0 Å². The lowest BCUT2D eigenvalue weighted by atomic mass is 9.82. The van der Waals surface area contributed by atoms with Gasteiger partial charge in [0.1, 0.15) is 5.75 Å². The van der Waals surface area contributed by atoms with Crippen LogP contribution in [0.2, 0.25) is 0 Å². The number of anilines is 1. The van der Waals surface area contributed by atoms with E-state index in [4.69, 9.17) is 9.47 Å². The van der Waals surface area contributed by atoms with E-state index >= 15 is 0 Å². The second kappa shape index (κ2) is 5.34. The first-order valence-corrected chi connectivity index (χ1v) is 6.23. The second-order valence-electron chi connectivity index (χ2n) is 4.67. The number of amides is 1. The number of hydrogen-bond acceptors (Lipinski definition) is 3. The van der Waals surface area contributed by atoms with Gasteiger partial charge in [0.15, 0.2) is 0 Å². The predicted molar refractivity (Wildman–Crippen MR) is 74.2 cm³/mol. The van der Waals surface area contributed by atoms with Crippen LogP contribution in [0.3, 0.4) is 0 Å². The summed E-state index contributed by atoms with van der Waals surface area (Å²) in [5, 5.41) is 0. The molecule has 1 aromatic rings. The van der Waals surface area contributed by atoms with Gasteiger partial charge in [-0.1, -0.05) is 6.07 Å². The smallest absolute Gasteiger partial charge is 0.234 e. The molecule has 1 atom stereocenters. The Morgan fingerprint density at radius 2 is 2.05 bits per heavy atom. The summed E-state index contributed by atoms with van der Waals surface area (Å²) in [5.41, 5.74) is 1.87. The lowest BCUT2D eigenvalue weighted by Crippen LogP contribution is -2.37. The topological polar surface area (TPSA) is 38.8 Å². The van der Waals surface area contributed by atoms with Crippen LogP contribution in [0.5, 0.6) is 5.75 Å². The molecule has 2 rings (SSSR count). The van der Waals surface area contributed by atoms with Crippen molar-refractivity contribution in [1.29, 1.82) is 0 Å².